The summed E-state index contributed by atoms with van der Waals surface area (Å²) in [5.41, 5.74) is 3.83. The second-order valence-electron chi connectivity index (χ2n) is 10.8. The van der Waals surface area contributed by atoms with E-state index in [1.807, 2.05) is 42.5 Å². The first-order chi connectivity index (χ1) is 17.6. The predicted molar refractivity (Wildman–Crippen MR) is 146 cm³/mol. The minimum atomic E-state index is -4.42. The number of benzene rings is 5. The van der Waals surface area contributed by atoms with E-state index in [1.165, 1.54) is 23.1 Å². The van der Waals surface area contributed by atoms with Crippen molar-refractivity contribution in [1.82, 2.24) is 9.38 Å². The smallest absolute Gasteiger partial charge is 0.293 e. The van der Waals surface area contributed by atoms with Gasteiger partial charge in [-0.05, 0) is 63.5 Å². The molecule has 7 aromatic rings. The first-order valence-corrected chi connectivity index (χ1v) is 12.3. The van der Waals surface area contributed by atoms with Crippen LogP contribution in [0.4, 0.5) is 13.2 Å². The molecule has 0 spiro atoms. The molecule has 2 heterocycles. The Morgan fingerprint density at radius 1 is 0.703 bits per heavy atom. The molecule has 0 amide bonds. The maximum Gasteiger partial charge on any atom is 0.416 e. The van der Waals surface area contributed by atoms with Crippen LogP contribution < -0.4 is 0 Å². The normalized spacial score (nSPS) is 13.1. The summed E-state index contributed by atoms with van der Waals surface area (Å²) in [6.07, 6.45) is -4.42. The van der Waals surface area contributed by atoms with Gasteiger partial charge in [0.25, 0.3) is 0 Å². The summed E-state index contributed by atoms with van der Waals surface area (Å²) in [7, 11) is 0. The summed E-state index contributed by atoms with van der Waals surface area (Å²) >= 11 is 0. The first-order valence-electron chi connectivity index (χ1n) is 12.3. The van der Waals surface area contributed by atoms with Gasteiger partial charge in [-0.1, -0.05) is 69.3 Å². The molecule has 7 rings (SSSR count). The molecule has 0 saturated carbocycles. The van der Waals surface area contributed by atoms with Crippen LogP contribution in [0.15, 0.2) is 84.9 Å². The molecule has 0 unspecified atom stereocenters. The lowest BCUT2D eigenvalue weighted by Gasteiger charge is -2.23. The van der Waals surface area contributed by atoms with E-state index in [4.69, 9.17) is 4.98 Å². The Hall–Kier alpha value is -4.12. The molecule has 0 bridgehead atoms. The van der Waals surface area contributed by atoms with E-state index in [-0.39, 0.29) is 5.41 Å². The molecule has 5 heteroatoms. The molecular formula is C32H23F3N2. The molecule has 37 heavy (non-hydrogen) atoms. The van der Waals surface area contributed by atoms with Crippen molar-refractivity contribution in [2.24, 2.45) is 0 Å². The average molecular weight is 493 g/mol. The van der Waals surface area contributed by atoms with Crippen molar-refractivity contribution in [2.75, 3.05) is 0 Å². The summed E-state index contributed by atoms with van der Waals surface area (Å²) in [6, 6.07) is 26.6. The van der Waals surface area contributed by atoms with Crippen molar-refractivity contribution in [2.45, 2.75) is 32.4 Å². The van der Waals surface area contributed by atoms with Crippen LogP contribution in [-0.4, -0.2) is 9.38 Å². The molecule has 0 N–H and O–H groups in total. The van der Waals surface area contributed by atoms with Gasteiger partial charge >= 0.3 is 6.18 Å². The minimum Gasteiger partial charge on any atom is -0.293 e. The van der Waals surface area contributed by atoms with Crippen LogP contribution in [0.5, 0.6) is 0 Å². The summed E-state index contributed by atoms with van der Waals surface area (Å²) in [4.78, 5) is 5.14. The number of fused-ring (bicyclic) bond motifs is 4. The van der Waals surface area contributed by atoms with Crippen LogP contribution in [0.3, 0.4) is 0 Å². The van der Waals surface area contributed by atoms with Crippen molar-refractivity contribution >= 4 is 48.9 Å². The van der Waals surface area contributed by atoms with E-state index in [1.54, 1.807) is 6.07 Å². The zero-order chi connectivity index (χ0) is 25.7. The van der Waals surface area contributed by atoms with Crippen molar-refractivity contribution in [1.29, 1.82) is 0 Å². The van der Waals surface area contributed by atoms with Crippen LogP contribution in [0.1, 0.15) is 31.9 Å². The molecule has 0 atom stereocenters. The number of aromatic nitrogens is 2. The summed E-state index contributed by atoms with van der Waals surface area (Å²) < 4.78 is 43.1. The maximum atomic E-state index is 13.7. The lowest BCUT2D eigenvalue weighted by molar-refractivity contribution is -0.137. The highest BCUT2D eigenvalue weighted by atomic mass is 19.4. The predicted octanol–water partition coefficient (Wildman–Crippen LogP) is 9.37. The Morgan fingerprint density at radius 2 is 1.49 bits per heavy atom. The SMILES string of the molecule is CC(C)(C)c1cc(-c2nc3cccc4ccc5c6cc(C(F)(F)F)ccc6n2c5c43)cc2ccccc12. The van der Waals surface area contributed by atoms with Gasteiger partial charge in [0.15, 0.2) is 0 Å². The molecule has 0 aliphatic carbocycles. The Kier molecular flexibility index (Phi) is 4.31. The monoisotopic (exact) mass is 492 g/mol. The van der Waals surface area contributed by atoms with Gasteiger partial charge in [0, 0.05) is 21.7 Å². The van der Waals surface area contributed by atoms with E-state index in [0.717, 1.165) is 44.0 Å². The lowest BCUT2D eigenvalue weighted by Crippen LogP contribution is -2.12. The van der Waals surface area contributed by atoms with Gasteiger partial charge in [-0.15, -0.1) is 0 Å². The van der Waals surface area contributed by atoms with E-state index in [9.17, 15) is 13.2 Å². The van der Waals surface area contributed by atoms with Gasteiger partial charge in [0.05, 0.1) is 22.1 Å². The first kappa shape index (κ1) is 22.1. The summed E-state index contributed by atoms with van der Waals surface area (Å²) in [6.45, 7) is 6.58. The second kappa shape index (κ2) is 7.22. The fraction of sp³-hybridized carbons (Fsp3) is 0.156. The third-order valence-corrected chi connectivity index (χ3v) is 7.44. The van der Waals surface area contributed by atoms with Gasteiger partial charge < -0.3 is 0 Å². The van der Waals surface area contributed by atoms with Gasteiger partial charge in [0.1, 0.15) is 5.82 Å². The largest absolute Gasteiger partial charge is 0.416 e. The van der Waals surface area contributed by atoms with E-state index < -0.39 is 11.7 Å². The molecular weight excluding hydrogens is 469 g/mol. The van der Waals surface area contributed by atoms with E-state index in [2.05, 4.69) is 49.4 Å². The molecule has 0 saturated heterocycles. The molecule has 0 aliphatic heterocycles. The van der Waals surface area contributed by atoms with Crippen LogP contribution in [0, 0.1) is 0 Å². The quantitative estimate of drug-likeness (QED) is 0.223. The van der Waals surface area contributed by atoms with Crippen molar-refractivity contribution in [3.8, 4) is 11.4 Å². The average Bonchev–Trinajstić information content (AvgIpc) is 3.20. The molecule has 0 radical (unpaired) electrons. The highest BCUT2D eigenvalue weighted by Crippen LogP contribution is 2.42. The highest BCUT2D eigenvalue weighted by molar-refractivity contribution is 6.22. The number of nitrogens with zero attached hydrogens (tertiary/aromatic N) is 2. The number of hydrogen-bond acceptors (Lipinski definition) is 1. The number of halogens is 3. The fourth-order valence-corrected chi connectivity index (χ4v) is 5.77. The second-order valence-corrected chi connectivity index (χ2v) is 10.8. The van der Waals surface area contributed by atoms with E-state index >= 15 is 0 Å². The zero-order valence-electron chi connectivity index (χ0n) is 20.6. The Morgan fingerprint density at radius 3 is 2.27 bits per heavy atom. The Balaban J connectivity index is 1.69. The van der Waals surface area contributed by atoms with Crippen LogP contribution in [0.25, 0.3) is 60.3 Å². The van der Waals surface area contributed by atoms with Gasteiger partial charge in [-0.3, -0.25) is 4.40 Å². The van der Waals surface area contributed by atoms with Crippen LogP contribution >= 0.6 is 0 Å². The van der Waals surface area contributed by atoms with Crippen molar-refractivity contribution in [3.05, 3.63) is 96.1 Å². The standard InChI is InChI=1S/C32H23F3N2/c1-31(2,3)25-16-20(15-19-7-4-5-9-22(19)25)30-36-26-10-6-8-18-11-13-23-24-17-21(32(33,34)35)12-14-27(24)37(30)29(23)28(18)26/h4-17H,1-3H3. The Labute approximate surface area is 211 Å². The van der Waals surface area contributed by atoms with Crippen LogP contribution in [0.2, 0.25) is 0 Å². The molecule has 2 aromatic heterocycles. The molecule has 0 aliphatic rings. The van der Waals surface area contributed by atoms with Gasteiger partial charge in [-0.25, -0.2) is 4.98 Å². The van der Waals surface area contributed by atoms with Gasteiger partial charge in [-0.2, -0.15) is 13.2 Å². The third-order valence-electron chi connectivity index (χ3n) is 7.44. The summed E-state index contributed by atoms with van der Waals surface area (Å²) in [5, 5.41) is 5.65. The Bertz CT molecular complexity index is 2010. The molecule has 0 fully saturated rings. The number of hydrogen-bond donors (Lipinski definition) is 0. The number of rotatable bonds is 1. The number of alkyl halides is 3. The molecule has 2 nitrogen and oxygen atoms in total. The fourth-order valence-electron chi connectivity index (χ4n) is 5.77. The summed E-state index contributed by atoms with van der Waals surface area (Å²) in [5.74, 6) is 0.724. The van der Waals surface area contributed by atoms with Gasteiger partial charge in [0.2, 0.25) is 0 Å². The zero-order valence-corrected chi connectivity index (χ0v) is 20.6. The van der Waals surface area contributed by atoms with Crippen LogP contribution in [-0.2, 0) is 11.6 Å². The third kappa shape index (κ3) is 3.16. The lowest BCUT2D eigenvalue weighted by atomic mass is 9.82. The topological polar surface area (TPSA) is 17.3 Å². The van der Waals surface area contributed by atoms with Crippen molar-refractivity contribution < 1.29 is 13.2 Å². The highest BCUT2D eigenvalue weighted by Gasteiger charge is 2.31. The van der Waals surface area contributed by atoms with E-state index in [0.29, 0.717) is 10.9 Å². The maximum absolute atomic E-state index is 13.7. The van der Waals surface area contributed by atoms with Crippen molar-refractivity contribution in [3.63, 3.8) is 0 Å². The minimum absolute atomic E-state index is 0.113. The molecule has 5 aromatic carbocycles. The molecule has 182 valence electrons.